The van der Waals surface area contributed by atoms with E-state index in [1.165, 1.54) is 19.1 Å². The number of halogens is 3. The second-order valence-corrected chi connectivity index (χ2v) is 4.40. The maximum absolute atomic E-state index is 12.1. The van der Waals surface area contributed by atoms with Gasteiger partial charge in [-0.05, 0) is 12.1 Å². The van der Waals surface area contributed by atoms with E-state index in [-0.39, 0.29) is 5.69 Å². The summed E-state index contributed by atoms with van der Waals surface area (Å²) >= 11 is -3.08. The van der Waals surface area contributed by atoms with Gasteiger partial charge in [0.05, 0.1) is 11.2 Å². The molecule has 3 nitrogen and oxygen atoms in total. The molecule has 0 aliphatic carbocycles. The highest BCUT2D eigenvalue weighted by Crippen LogP contribution is 2.31. The molecule has 0 spiro atoms. The number of hydrogen-bond donors (Lipinski definition) is 1. The molecule has 0 saturated heterocycles. The predicted octanol–water partition coefficient (Wildman–Crippen LogP) is 2.27. The summed E-state index contributed by atoms with van der Waals surface area (Å²) in [6.07, 6.45) is 0. The third kappa shape index (κ3) is 3.42. The van der Waals surface area contributed by atoms with Gasteiger partial charge in [-0.1, -0.05) is 6.07 Å². The highest BCUT2D eigenvalue weighted by Gasteiger charge is 2.46. The molecule has 0 bridgehead atoms. The van der Waals surface area contributed by atoms with Crippen molar-refractivity contribution in [1.29, 1.82) is 0 Å². The Morgan fingerprint density at radius 2 is 2.06 bits per heavy atom. The van der Waals surface area contributed by atoms with Crippen LogP contribution < -0.4 is 5.32 Å². The predicted molar refractivity (Wildman–Crippen MR) is 53.2 cm³/mol. The van der Waals surface area contributed by atoms with Crippen molar-refractivity contribution >= 4 is 22.8 Å². The molecule has 88 valence electrons. The van der Waals surface area contributed by atoms with Crippen LogP contribution in [0, 0.1) is 0 Å². The summed E-state index contributed by atoms with van der Waals surface area (Å²) in [7, 11) is 0. The number of hydrogen-bond acceptors (Lipinski definition) is 2. The van der Waals surface area contributed by atoms with E-state index in [1.54, 1.807) is 0 Å². The van der Waals surface area contributed by atoms with Gasteiger partial charge in [-0.15, -0.1) is 13.2 Å². The fourth-order valence-electron chi connectivity index (χ4n) is 1.03. The van der Waals surface area contributed by atoms with Gasteiger partial charge in [0.2, 0.25) is 5.91 Å². The topological polar surface area (TPSA) is 52.2 Å². The second-order valence-electron chi connectivity index (χ2n) is 2.92. The fraction of sp³-hybridized carbons (Fsp3) is 0.222. The average molecular weight is 251 g/mol. The van der Waals surface area contributed by atoms with Crippen molar-refractivity contribution in [3.63, 3.8) is 0 Å². The van der Waals surface area contributed by atoms with E-state index in [2.05, 4.69) is 5.32 Å². The first kappa shape index (κ1) is 12.9. The van der Waals surface area contributed by atoms with Gasteiger partial charge in [-0.2, -0.15) is 0 Å². The first-order valence-electron chi connectivity index (χ1n) is 4.17. The molecule has 1 aromatic rings. The van der Waals surface area contributed by atoms with E-state index < -0.39 is 27.5 Å². The molecule has 0 heterocycles. The van der Waals surface area contributed by atoms with E-state index in [0.717, 1.165) is 12.1 Å². The molecule has 1 amide bonds. The summed E-state index contributed by atoms with van der Waals surface area (Å²) < 4.78 is 47.4. The normalized spacial score (nSPS) is 13.3. The molecule has 1 atom stereocenters. The van der Waals surface area contributed by atoms with Gasteiger partial charge < -0.3 is 9.87 Å². The van der Waals surface area contributed by atoms with Crippen LogP contribution in [0.5, 0.6) is 0 Å². The number of anilines is 1. The zero-order valence-electron chi connectivity index (χ0n) is 8.17. The van der Waals surface area contributed by atoms with E-state index in [0.29, 0.717) is 0 Å². The van der Waals surface area contributed by atoms with Crippen LogP contribution in [0.2, 0.25) is 0 Å². The summed E-state index contributed by atoms with van der Waals surface area (Å²) in [6.45, 7) is 1.23. The maximum atomic E-state index is 12.1. The minimum Gasteiger partial charge on any atom is -0.604 e. The molecule has 1 rings (SSSR count). The van der Waals surface area contributed by atoms with Crippen molar-refractivity contribution in [2.24, 2.45) is 0 Å². The standard InChI is InChI=1S/C9H8F3NO2S/c1-6(14)13-7-3-2-4-8(5-7)16(15)9(10,11)12/h2-5H,1H3,(H,13,14). The van der Waals surface area contributed by atoms with Crippen LogP contribution in [0.4, 0.5) is 18.9 Å². The van der Waals surface area contributed by atoms with Crippen molar-refractivity contribution in [3.8, 4) is 0 Å². The van der Waals surface area contributed by atoms with Gasteiger partial charge in [0, 0.05) is 18.7 Å². The van der Waals surface area contributed by atoms with Gasteiger partial charge >= 0.3 is 5.51 Å². The van der Waals surface area contributed by atoms with Gasteiger partial charge in [-0.25, -0.2) is 0 Å². The van der Waals surface area contributed by atoms with E-state index in [9.17, 15) is 22.5 Å². The second kappa shape index (κ2) is 4.75. The van der Waals surface area contributed by atoms with E-state index >= 15 is 0 Å². The van der Waals surface area contributed by atoms with Crippen LogP contribution >= 0.6 is 0 Å². The molecule has 0 aliphatic rings. The molecule has 0 saturated carbocycles. The van der Waals surface area contributed by atoms with E-state index in [4.69, 9.17) is 0 Å². The number of carbonyl (C=O) groups is 1. The molecular weight excluding hydrogens is 243 g/mol. The Kier molecular flexibility index (Phi) is 3.82. The summed E-state index contributed by atoms with van der Waals surface area (Å²) in [5, 5.41) is 2.31. The Bertz CT molecular complexity index is 395. The smallest absolute Gasteiger partial charge is 0.578 e. The third-order valence-corrected chi connectivity index (χ3v) is 2.68. The molecule has 0 fully saturated rings. The van der Waals surface area contributed by atoms with Gasteiger partial charge in [0.1, 0.15) is 0 Å². The third-order valence-electron chi connectivity index (χ3n) is 1.58. The summed E-state index contributed by atoms with van der Waals surface area (Å²) in [5.74, 6) is -0.407. The molecule has 1 N–H and O–H groups in total. The van der Waals surface area contributed by atoms with Crippen molar-refractivity contribution < 1.29 is 22.5 Å². The number of carbonyl (C=O) groups excluding carboxylic acids is 1. The Hall–Kier alpha value is -1.21. The van der Waals surface area contributed by atoms with Crippen molar-refractivity contribution in [3.05, 3.63) is 24.3 Å². The lowest BCUT2D eigenvalue weighted by molar-refractivity contribution is -0.114. The highest BCUT2D eigenvalue weighted by molar-refractivity contribution is 7.92. The van der Waals surface area contributed by atoms with Crippen LogP contribution in [-0.4, -0.2) is 16.0 Å². The molecule has 1 unspecified atom stereocenters. The van der Waals surface area contributed by atoms with Crippen LogP contribution in [0.15, 0.2) is 29.2 Å². The average Bonchev–Trinajstić information content (AvgIpc) is 2.14. The fourth-order valence-corrected chi connectivity index (χ4v) is 1.73. The maximum Gasteiger partial charge on any atom is 0.578 e. The zero-order chi connectivity index (χ0) is 12.3. The lowest BCUT2D eigenvalue weighted by Crippen LogP contribution is -2.23. The molecule has 0 radical (unpaired) electrons. The SMILES string of the molecule is CC(=O)Nc1cccc([S+]([O-])C(F)(F)F)c1. The largest absolute Gasteiger partial charge is 0.604 e. The Labute approximate surface area is 92.8 Å². The van der Waals surface area contributed by atoms with Crippen molar-refractivity contribution in [1.82, 2.24) is 0 Å². The number of amides is 1. The number of benzene rings is 1. The number of rotatable bonds is 2. The van der Waals surface area contributed by atoms with Crippen molar-refractivity contribution in [2.75, 3.05) is 5.32 Å². The van der Waals surface area contributed by atoms with Crippen molar-refractivity contribution in [2.45, 2.75) is 17.3 Å². The molecule has 7 heteroatoms. The van der Waals surface area contributed by atoms with Crippen LogP contribution in [0.25, 0.3) is 0 Å². The Balaban J connectivity index is 2.94. The van der Waals surface area contributed by atoms with Crippen LogP contribution in [0.3, 0.4) is 0 Å². The quantitative estimate of drug-likeness (QED) is 0.820. The van der Waals surface area contributed by atoms with Gasteiger partial charge in [0.25, 0.3) is 0 Å². The molecule has 16 heavy (non-hydrogen) atoms. The summed E-state index contributed by atoms with van der Waals surface area (Å²) in [5.41, 5.74) is -4.61. The first-order valence-corrected chi connectivity index (χ1v) is 5.32. The summed E-state index contributed by atoms with van der Waals surface area (Å²) in [4.78, 5) is 10.3. The monoisotopic (exact) mass is 251 g/mol. The minimum absolute atomic E-state index is 0.183. The lowest BCUT2D eigenvalue weighted by atomic mass is 10.3. The molecule has 1 aromatic carbocycles. The van der Waals surface area contributed by atoms with Crippen LogP contribution in [0.1, 0.15) is 6.92 Å². The summed E-state index contributed by atoms with van der Waals surface area (Å²) in [6, 6.07) is 4.84. The molecular formula is C9H8F3NO2S. The Morgan fingerprint density at radius 3 is 2.56 bits per heavy atom. The van der Waals surface area contributed by atoms with Gasteiger partial charge in [-0.3, -0.25) is 4.79 Å². The van der Waals surface area contributed by atoms with Crippen LogP contribution in [-0.2, 0) is 16.0 Å². The molecule has 0 aromatic heterocycles. The molecule has 0 aliphatic heterocycles. The Morgan fingerprint density at radius 1 is 1.44 bits per heavy atom. The van der Waals surface area contributed by atoms with E-state index in [1.807, 2.05) is 0 Å². The number of nitrogens with one attached hydrogen (secondary N) is 1. The first-order chi connectivity index (χ1) is 7.30. The minimum atomic E-state index is -4.80. The van der Waals surface area contributed by atoms with Gasteiger partial charge in [0.15, 0.2) is 4.90 Å². The highest BCUT2D eigenvalue weighted by atomic mass is 32.2. The number of alkyl halides is 3. The lowest BCUT2D eigenvalue weighted by Gasteiger charge is -2.12. The zero-order valence-corrected chi connectivity index (χ0v) is 8.98.